The summed E-state index contributed by atoms with van der Waals surface area (Å²) in [5.74, 6) is -5.70. The van der Waals surface area contributed by atoms with Gasteiger partial charge in [0, 0.05) is 12.8 Å². The molecule has 0 N–H and O–H groups in total. The molecule has 15 heteroatoms. The first-order valence-corrected chi connectivity index (χ1v) is 29.7. The second kappa shape index (κ2) is 11.9. The zero-order valence-electron chi connectivity index (χ0n) is 24.4. The van der Waals surface area contributed by atoms with Crippen LogP contribution in [0.25, 0.3) is 0 Å². The summed E-state index contributed by atoms with van der Waals surface area (Å²) in [6.07, 6.45) is -0.721. The molecular weight excluding hydrogens is 565 g/mol. The van der Waals surface area contributed by atoms with E-state index in [-0.39, 0.29) is 24.9 Å². The Morgan fingerprint density at radius 2 is 0.714 bits per heavy atom. The Bertz CT molecular complexity index is 677. The van der Waals surface area contributed by atoms with Crippen molar-refractivity contribution < 1.29 is 38.1 Å². The van der Waals surface area contributed by atoms with E-state index in [4.69, 9.17) is 20.6 Å². The molecule has 0 aliphatic heterocycles. The van der Waals surface area contributed by atoms with Gasteiger partial charge in [-0.1, -0.05) is 0 Å². The van der Waals surface area contributed by atoms with Crippen molar-refractivity contribution in [3.05, 3.63) is 0 Å². The Morgan fingerprint density at radius 3 is 0.971 bits per heavy atom. The lowest BCUT2D eigenvalue weighted by atomic mass is 10.3. The van der Waals surface area contributed by atoms with E-state index in [0.717, 1.165) is 13.8 Å². The molecule has 2 unspecified atom stereocenters. The first-order chi connectivity index (χ1) is 14.9. The number of hydrogen-bond donors (Lipinski definition) is 0. The number of halogens is 4. The Labute approximate surface area is 217 Å². The number of alkyl halides is 4. The van der Waals surface area contributed by atoms with Gasteiger partial charge >= 0.3 is 34.2 Å². The molecule has 0 bridgehead atoms. The predicted octanol–water partition coefficient (Wildman–Crippen LogP) is 8.38. The molecule has 5 nitrogen and oxygen atoms in total. The van der Waals surface area contributed by atoms with Gasteiger partial charge in [0.2, 0.25) is 11.8 Å². The third-order valence-electron chi connectivity index (χ3n) is 4.50. The van der Waals surface area contributed by atoms with Crippen LogP contribution in [0.15, 0.2) is 0 Å². The van der Waals surface area contributed by atoms with E-state index in [0.29, 0.717) is 0 Å². The largest absolute Gasteiger partial charge is 0.437 e. The maximum atomic E-state index is 13.9. The Morgan fingerprint density at radius 1 is 0.457 bits per heavy atom. The second-order valence-electron chi connectivity index (χ2n) is 12.9. The van der Waals surface area contributed by atoms with Crippen LogP contribution in [-0.2, 0) is 20.6 Å². The zero-order valence-corrected chi connectivity index (χ0v) is 30.4. The fraction of sp³-hybridized carbons (Fsp3) is 1.00. The third-order valence-corrected chi connectivity index (χ3v) is 26.5. The topological polar surface area (TPSA) is 46.2 Å². The van der Waals surface area contributed by atoms with Crippen molar-refractivity contribution >= 4 is 50.9 Å². The maximum absolute atomic E-state index is 13.9. The second-order valence-corrected chi connectivity index (χ2v) is 36.6. The van der Waals surface area contributed by atoms with Crippen molar-refractivity contribution in [2.75, 3.05) is 0 Å². The minimum atomic E-state index is -3.20. The number of rotatable bonds is 16. The van der Waals surface area contributed by atoms with E-state index in [1.54, 1.807) is 6.55 Å². The summed E-state index contributed by atoms with van der Waals surface area (Å²) >= 11 is 0. The van der Waals surface area contributed by atoms with Gasteiger partial charge in [-0.2, -0.15) is 0 Å². The van der Waals surface area contributed by atoms with Crippen LogP contribution in [0.3, 0.4) is 0 Å². The summed E-state index contributed by atoms with van der Waals surface area (Å²) in [5.41, 5.74) is 0. The fourth-order valence-corrected chi connectivity index (χ4v) is 33.3. The summed E-state index contributed by atoms with van der Waals surface area (Å²) in [5, 5.41) is 0. The molecule has 0 heterocycles. The Kier molecular flexibility index (Phi) is 12.2. The molecule has 35 heavy (non-hydrogen) atoms. The minimum Gasteiger partial charge on any atom is -0.437 e. The van der Waals surface area contributed by atoms with Crippen molar-refractivity contribution in [2.45, 2.75) is 129 Å². The van der Waals surface area contributed by atoms with Gasteiger partial charge in [-0.05, 0) is 104 Å². The highest BCUT2D eigenvalue weighted by Crippen LogP contribution is 2.35. The van der Waals surface area contributed by atoms with Crippen LogP contribution in [-0.4, -0.2) is 62.7 Å². The Balaban J connectivity index is 6.00. The van der Waals surface area contributed by atoms with E-state index >= 15 is 0 Å². The molecule has 0 aromatic carbocycles. The fourth-order valence-electron chi connectivity index (χ4n) is 4.13. The standard InChI is InChI=1S/C20H50F4O5Si6/c1-19(21,22)15-17-34(13,26-31(6,7)8)28-33(11,12)29-35(14,18-16-20(2,23)24)27-32(9,10)25-30(3,4)5/h15-18H2,1-14H3. The van der Waals surface area contributed by atoms with Gasteiger partial charge in [0.05, 0.1) is 0 Å². The van der Waals surface area contributed by atoms with Crippen LogP contribution in [0.5, 0.6) is 0 Å². The lowest BCUT2D eigenvalue weighted by Crippen LogP contribution is -2.61. The highest BCUT2D eigenvalue weighted by atomic mass is 28.5. The summed E-state index contributed by atoms with van der Waals surface area (Å²) in [6, 6.07) is 0.188. The van der Waals surface area contributed by atoms with Crippen molar-refractivity contribution in [3.63, 3.8) is 0 Å². The highest BCUT2D eigenvalue weighted by molar-refractivity contribution is 6.91. The Hall–Kier alpha value is 0.821. The van der Waals surface area contributed by atoms with Crippen LogP contribution in [0.1, 0.15) is 26.7 Å². The van der Waals surface area contributed by atoms with Crippen LogP contribution < -0.4 is 0 Å². The third kappa shape index (κ3) is 18.7. The highest BCUT2D eigenvalue weighted by Gasteiger charge is 2.50. The van der Waals surface area contributed by atoms with Crippen molar-refractivity contribution in [3.8, 4) is 0 Å². The van der Waals surface area contributed by atoms with Crippen LogP contribution in [0.2, 0.25) is 90.7 Å². The zero-order chi connectivity index (χ0) is 28.4. The van der Waals surface area contributed by atoms with Gasteiger partial charge in [0.15, 0.2) is 16.6 Å². The lowest BCUT2D eigenvalue weighted by Gasteiger charge is -2.45. The van der Waals surface area contributed by atoms with Crippen molar-refractivity contribution in [2.24, 2.45) is 0 Å². The van der Waals surface area contributed by atoms with Gasteiger partial charge in [0.1, 0.15) is 0 Å². The van der Waals surface area contributed by atoms with Crippen LogP contribution >= 0.6 is 0 Å². The average Bonchev–Trinajstić information content (AvgIpc) is 2.43. The smallest absolute Gasteiger partial charge is 0.317 e. The predicted molar refractivity (Wildman–Crippen MR) is 150 cm³/mol. The molecule has 0 saturated heterocycles. The minimum absolute atomic E-state index is 0.0714. The molecule has 2 atom stereocenters. The van der Waals surface area contributed by atoms with Crippen molar-refractivity contribution in [1.29, 1.82) is 0 Å². The average molecular weight is 615 g/mol. The van der Waals surface area contributed by atoms with Gasteiger partial charge in [-0.15, -0.1) is 0 Å². The first-order valence-electron chi connectivity index (χ1n) is 12.2. The molecule has 0 amide bonds. The molecule has 212 valence electrons. The van der Waals surface area contributed by atoms with Crippen molar-refractivity contribution in [1.82, 2.24) is 0 Å². The summed E-state index contributed by atoms with van der Waals surface area (Å²) in [6.45, 7) is 25.0. The van der Waals surface area contributed by atoms with Gasteiger partial charge in [-0.25, -0.2) is 17.6 Å². The molecule has 0 saturated carbocycles. The molecule has 0 aliphatic carbocycles. The quantitative estimate of drug-likeness (QED) is 0.129. The molecule has 0 aromatic heterocycles. The van der Waals surface area contributed by atoms with Gasteiger partial charge in [0.25, 0.3) is 0 Å². The normalized spacial score (nSPS) is 18.3. The van der Waals surface area contributed by atoms with E-state index in [1.165, 1.54) is 0 Å². The van der Waals surface area contributed by atoms with Crippen LogP contribution in [0, 0.1) is 0 Å². The number of hydrogen-bond acceptors (Lipinski definition) is 5. The molecular formula is C20H50F4O5Si6. The van der Waals surface area contributed by atoms with E-state index < -0.39 is 62.7 Å². The molecule has 0 aliphatic rings. The molecule has 0 rings (SSSR count). The monoisotopic (exact) mass is 614 g/mol. The molecule has 0 radical (unpaired) electrons. The van der Waals surface area contributed by atoms with E-state index in [2.05, 4.69) is 19.6 Å². The summed E-state index contributed by atoms with van der Waals surface area (Å²) < 4.78 is 87.5. The summed E-state index contributed by atoms with van der Waals surface area (Å²) in [7, 11) is -16.1. The van der Waals surface area contributed by atoms with E-state index in [9.17, 15) is 17.6 Å². The summed E-state index contributed by atoms with van der Waals surface area (Å²) in [4.78, 5) is 0. The maximum Gasteiger partial charge on any atom is 0.317 e. The SMILES string of the molecule is CC(F)(F)CC[Si](C)(O[Si](C)(C)C)O[Si](C)(C)O[Si](C)(CCC(C)(F)F)O[Si](C)(C)O[Si](C)(C)C. The van der Waals surface area contributed by atoms with Gasteiger partial charge < -0.3 is 20.6 Å². The van der Waals surface area contributed by atoms with Gasteiger partial charge in [-0.3, -0.25) is 0 Å². The first kappa shape index (κ1) is 35.8. The lowest BCUT2D eigenvalue weighted by molar-refractivity contribution is 0.0158. The molecule has 0 fully saturated rings. The molecule has 0 spiro atoms. The molecule has 0 aromatic rings. The van der Waals surface area contributed by atoms with E-state index in [1.807, 2.05) is 52.4 Å². The van der Waals surface area contributed by atoms with Crippen LogP contribution in [0.4, 0.5) is 17.6 Å².